The average Bonchev–Trinajstić information content (AvgIpc) is 3.15. The van der Waals surface area contributed by atoms with Gasteiger partial charge in [-0.1, -0.05) is 35.3 Å². The van der Waals surface area contributed by atoms with Crippen molar-refractivity contribution in [2.45, 2.75) is 13.5 Å². The van der Waals surface area contributed by atoms with E-state index in [1.807, 2.05) is 43.3 Å². The fourth-order valence-electron chi connectivity index (χ4n) is 3.09. The van der Waals surface area contributed by atoms with E-state index in [9.17, 15) is 4.79 Å². The molecule has 0 spiro atoms. The summed E-state index contributed by atoms with van der Waals surface area (Å²) < 4.78 is 18.1. The molecule has 0 atom stereocenters. The molecule has 0 aliphatic carbocycles. The minimum absolute atomic E-state index is 0.178. The Hall–Kier alpha value is -2.55. The summed E-state index contributed by atoms with van der Waals surface area (Å²) in [6.45, 7) is 2.59. The van der Waals surface area contributed by atoms with Crippen LogP contribution in [0.3, 0.4) is 0 Å². The Morgan fingerprint density at radius 1 is 1.03 bits per heavy atom. The minimum atomic E-state index is -0.527. The van der Waals surface area contributed by atoms with Crippen LogP contribution in [0.15, 0.2) is 71.4 Å². The minimum Gasteiger partial charge on any atom is -0.490 e. The standard InChI is InChI=1S/C25H18Cl2INO4/c1-2-31-22-13-16(11-20(27)23(22)32-14-15-3-7-18(26)8-4-15)12-21-25(30)33-24(29-21)17-5-9-19(28)10-6-17/h3-13H,2,14H2,1H3/b21-12-. The Kier molecular flexibility index (Phi) is 7.57. The van der Waals surface area contributed by atoms with Crippen molar-refractivity contribution in [2.24, 2.45) is 4.99 Å². The van der Waals surface area contributed by atoms with Crippen molar-refractivity contribution in [3.8, 4) is 11.5 Å². The van der Waals surface area contributed by atoms with Crippen LogP contribution in [0.4, 0.5) is 0 Å². The Morgan fingerprint density at radius 3 is 2.45 bits per heavy atom. The molecular weight excluding hydrogens is 576 g/mol. The second-order valence-electron chi connectivity index (χ2n) is 7.02. The van der Waals surface area contributed by atoms with Crippen molar-refractivity contribution in [3.63, 3.8) is 0 Å². The molecule has 1 aliphatic heterocycles. The van der Waals surface area contributed by atoms with Gasteiger partial charge in [0.05, 0.1) is 11.6 Å². The zero-order chi connectivity index (χ0) is 23.4. The molecule has 1 heterocycles. The lowest BCUT2D eigenvalue weighted by Crippen LogP contribution is -2.05. The highest BCUT2D eigenvalue weighted by Gasteiger charge is 2.24. The van der Waals surface area contributed by atoms with E-state index in [4.69, 9.17) is 37.4 Å². The highest BCUT2D eigenvalue weighted by atomic mass is 127. The first kappa shape index (κ1) is 23.6. The molecule has 33 heavy (non-hydrogen) atoms. The van der Waals surface area contributed by atoms with Crippen LogP contribution >= 0.6 is 45.8 Å². The molecule has 0 saturated heterocycles. The first-order valence-electron chi connectivity index (χ1n) is 10.0. The summed E-state index contributed by atoms with van der Waals surface area (Å²) in [7, 11) is 0. The van der Waals surface area contributed by atoms with Crippen LogP contribution < -0.4 is 9.47 Å². The molecule has 4 rings (SSSR count). The summed E-state index contributed by atoms with van der Waals surface area (Å²) in [6.07, 6.45) is 1.61. The predicted octanol–water partition coefficient (Wildman–Crippen LogP) is 6.92. The van der Waals surface area contributed by atoms with Gasteiger partial charge in [-0.3, -0.25) is 0 Å². The van der Waals surface area contributed by atoms with Gasteiger partial charge in [-0.2, -0.15) is 0 Å². The molecule has 3 aromatic rings. The lowest BCUT2D eigenvalue weighted by atomic mass is 10.1. The highest BCUT2D eigenvalue weighted by molar-refractivity contribution is 14.1. The number of ether oxygens (including phenoxy) is 3. The second kappa shape index (κ2) is 10.6. The van der Waals surface area contributed by atoms with Gasteiger partial charge in [0, 0.05) is 14.2 Å². The fourth-order valence-corrected chi connectivity index (χ4v) is 3.85. The molecule has 8 heteroatoms. The fraction of sp³-hybridized carbons (Fsp3) is 0.120. The normalized spacial score (nSPS) is 14.2. The third kappa shape index (κ3) is 5.88. The maximum absolute atomic E-state index is 12.4. The first-order valence-corrected chi connectivity index (χ1v) is 11.9. The van der Waals surface area contributed by atoms with Crippen molar-refractivity contribution >= 4 is 63.7 Å². The smallest absolute Gasteiger partial charge is 0.363 e. The monoisotopic (exact) mass is 593 g/mol. The number of halogens is 3. The number of hydrogen-bond donors (Lipinski definition) is 0. The third-order valence-corrected chi connectivity index (χ3v) is 5.90. The number of hydrogen-bond acceptors (Lipinski definition) is 5. The Balaban J connectivity index is 1.60. The number of carbonyl (C=O) groups excluding carboxylic acids is 1. The van der Waals surface area contributed by atoms with Crippen LogP contribution in [-0.2, 0) is 16.1 Å². The molecule has 0 saturated carbocycles. The molecule has 0 bridgehead atoms. The zero-order valence-electron chi connectivity index (χ0n) is 17.5. The molecule has 0 amide bonds. The molecule has 0 fully saturated rings. The van der Waals surface area contributed by atoms with Crippen molar-refractivity contribution in [2.75, 3.05) is 6.61 Å². The summed E-state index contributed by atoms with van der Waals surface area (Å²) in [6, 6.07) is 18.4. The van der Waals surface area contributed by atoms with Gasteiger partial charge in [0.25, 0.3) is 0 Å². The lowest BCUT2D eigenvalue weighted by molar-refractivity contribution is -0.129. The SMILES string of the molecule is CCOc1cc(/C=C2\N=C(c3ccc(I)cc3)OC2=O)cc(Cl)c1OCc1ccc(Cl)cc1. The van der Waals surface area contributed by atoms with Crippen LogP contribution in [0.1, 0.15) is 23.6 Å². The van der Waals surface area contributed by atoms with E-state index in [0.29, 0.717) is 40.3 Å². The molecule has 0 N–H and O–H groups in total. The van der Waals surface area contributed by atoms with Crippen LogP contribution in [-0.4, -0.2) is 18.5 Å². The Labute approximate surface area is 215 Å². The lowest BCUT2D eigenvalue weighted by Gasteiger charge is -2.14. The van der Waals surface area contributed by atoms with Gasteiger partial charge in [-0.15, -0.1) is 0 Å². The van der Waals surface area contributed by atoms with Crippen LogP contribution in [0, 0.1) is 3.57 Å². The number of cyclic esters (lactones) is 1. The molecule has 0 unspecified atom stereocenters. The van der Waals surface area contributed by atoms with E-state index < -0.39 is 5.97 Å². The number of carbonyl (C=O) groups is 1. The summed E-state index contributed by atoms with van der Waals surface area (Å²) in [4.78, 5) is 16.7. The van der Waals surface area contributed by atoms with E-state index >= 15 is 0 Å². The molecular formula is C25H18Cl2INO4. The average molecular weight is 594 g/mol. The quantitative estimate of drug-likeness (QED) is 0.169. The van der Waals surface area contributed by atoms with Crippen molar-refractivity contribution in [3.05, 3.63) is 96.7 Å². The second-order valence-corrected chi connectivity index (χ2v) is 9.11. The van der Waals surface area contributed by atoms with E-state index in [-0.39, 0.29) is 11.6 Å². The molecule has 5 nitrogen and oxygen atoms in total. The van der Waals surface area contributed by atoms with Gasteiger partial charge in [-0.05, 0) is 95.2 Å². The first-order chi connectivity index (χ1) is 15.9. The number of benzene rings is 3. The number of nitrogens with zero attached hydrogens (tertiary/aromatic N) is 1. The Morgan fingerprint density at radius 2 is 1.76 bits per heavy atom. The molecule has 0 aromatic heterocycles. The molecule has 168 valence electrons. The largest absolute Gasteiger partial charge is 0.490 e. The van der Waals surface area contributed by atoms with Crippen LogP contribution in [0.25, 0.3) is 6.08 Å². The zero-order valence-corrected chi connectivity index (χ0v) is 21.1. The summed E-state index contributed by atoms with van der Waals surface area (Å²) in [5.41, 5.74) is 2.49. The molecule has 3 aromatic carbocycles. The van der Waals surface area contributed by atoms with E-state index in [1.165, 1.54) is 0 Å². The van der Waals surface area contributed by atoms with Gasteiger partial charge < -0.3 is 14.2 Å². The number of aliphatic imine (C=N–C) groups is 1. The predicted molar refractivity (Wildman–Crippen MR) is 138 cm³/mol. The Bertz CT molecular complexity index is 1240. The number of rotatable bonds is 7. The van der Waals surface area contributed by atoms with Gasteiger partial charge in [0.2, 0.25) is 5.90 Å². The van der Waals surface area contributed by atoms with Crippen molar-refractivity contribution in [1.29, 1.82) is 0 Å². The van der Waals surface area contributed by atoms with Gasteiger partial charge in [-0.25, -0.2) is 9.79 Å². The van der Waals surface area contributed by atoms with Gasteiger partial charge >= 0.3 is 5.97 Å². The van der Waals surface area contributed by atoms with Crippen LogP contribution in [0.2, 0.25) is 10.0 Å². The summed E-state index contributed by atoms with van der Waals surface area (Å²) >= 11 is 14.7. The molecule has 1 aliphatic rings. The van der Waals surface area contributed by atoms with E-state index in [2.05, 4.69) is 27.6 Å². The van der Waals surface area contributed by atoms with Crippen molar-refractivity contribution < 1.29 is 19.0 Å². The van der Waals surface area contributed by atoms with Crippen molar-refractivity contribution in [1.82, 2.24) is 0 Å². The van der Waals surface area contributed by atoms with E-state index in [0.717, 1.165) is 14.7 Å². The number of esters is 1. The van der Waals surface area contributed by atoms with Crippen LogP contribution in [0.5, 0.6) is 11.5 Å². The molecule has 0 radical (unpaired) electrons. The van der Waals surface area contributed by atoms with Gasteiger partial charge in [0.15, 0.2) is 17.2 Å². The maximum atomic E-state index is 12.4. The maximum Gasteiger partial charge on any atom is 0.363 e. The van der Waals surface area contributed by atoms with Gasteiger partial charge in [0.1, 0.15) is 6.61 Å². The summed E-state index contributed by atoms with van der Waals surface area (Å²) in [5, 5.41) is 1.01. The van der Waals surface area contributed by atoms with E-state index in [1.54, 1.807) is 30.3 Å². The third-order valence-electron chi connectivity index (χ3n) is 4.64. The summed E-state index contributed by atoms with van der Waals surface area (Å²) in [5.74, 6) is 0.633. The highest BCUT2D eigenvalue weighted by Crippen LogP contribution is 2.38. The topological polar surface area (TPSA) is 57.1 Å².